The molecule has 4 heteroatoms. The zero-order valence-corrected chi connectivity index (χ0v) is 9.99. The molecular weight excluding hydrogens is 208 g/mol. The number of hydrogen-bond acceptors (Lipinski definition) is 3. The number of hydrogen-bond donors (Lipinski definition) is 1. The van der Waals surface area contributed by atoms with Crippen LogP contribution in [-0.4, -0.2) is 22.6 Å². The first kappa shape index (κ1) is 14.8. The first-order valence-corrected chi connectivity index (χ1v) is 5.70. The van der Waals surface area contributed by atoms with Gasteiger partial charge in [-0.25, -0.2) is 0 Å². The number of aliphatic carboxylic acids is 1. The Kier molecular flexibility index (Phi) is 7.42. The van der Waals surface area contributed by atoms with Gasteiger partial charge >= 0.3 is 5.97 Å². The fraction of sp³-hybridized carbons (Fsp3) is 0.750. The quantitative estimate of drug-likeness (QED) is 0.752. The summed E-state index contributed by atoms with van der Waals surface area (Å²) < 4.78 is 0. The second-order valence-electron chi connectivity index (χ2n) is 4.11. The lowest BCUT2D eigenvalue weighted by Crippen LogP contribution is -2.27. The minimum absolute atomic E-state index is 0.625. The molecule has 1 fully saturated rings. The highest BCUT2D eigenvalue weighted by molar-refractivity contribution is 6.15. The van der Waals surface area contributed by atoms with Gasteiger partial charge in [0.1, 0.15) is 0 Å². The van der Waals surface area contributed by atoms with Crippen molar-refractivity contribution in [2.45, 2.75) is 52.4 Å². The van der Waals surface area contributed by atoms with Gasteiger partial charge in [0.25, 0.3) is 0 Å². The Morgan fingerprint density at radius 1 is 0.812 bits per heavy atom. The van der Waals surface area contributed by atoms with Crippen molar-refractivity contribution in [3.05, 3.63) is 0 Å². The van der Waals surface area contributed by atoms with Gasteiger partial charge in [0.15, 0.2) is 17.5 Å². The molecule has 0 heterocycles. The Bertz CT molecular complexity index is 209. The highest BCUT2D eigenvalue weighted by atomic mass is 16.4. The Balaban J connectivity index is 0.000000315. The number of carboxylic acids is 1. The summed E-state index contributed by atoms with van der Waals surface area (Å²) in [7, 11) is 0. The molecule has 0 atom stereocenters. The van der Waals surface area contributed by atoms with Crippen LogP contribution in [0, 0.1) is 5.92 Å². The van der Waals surface area contributed by atoms with E-state index in [4.69, 9.17) is 5.11 Å². The summed E-state index contributed by atoms with van der Waals surface area (Å²) in [5.41, 5.74) is 0. The van der Waals surface area contributed by atoms with Crippen LogP contribution in [-0.2, 0) is 14.4 Å². The maximum absolute atomic E-state index is 10.4. The molecule has 0 unspecified atom stereocenters. The van der Waals surface area contributed by atoms with E-state index in [1.807, 2.05) is 0 Å². The number of Topliss-reactive ketones (excluding diaryl/α,β-unsaturated/α-hetero) is 2. The van der Waals surface area contributed by atoms with E-state index in [9.17, 15) is 14.4 Å². The first-order valence-electron chi connectivity index (χ1n) is 5.70. The van der Waals surface area contributed by atoms with E-state index in [0.717, 1.165) is 13.8 Å². The maximum Gasteiger partial charge on any atom is 0.321 e. The molecule has 1 rings (SSSR count). The van der Waals surface area contributed by atoms with Crippen molar-refractivity contribution >= 4 is 17.5 Å². The summed E-state index contributed by atoms with van der Waals surface area (Å²) in [4.78, 5) is 31.0. The van der Waals surface area contributed by atoms with Crippen molar-refractivity contribution in [2.24, 2.45) is 5.92 Å². The third-order valence-corrected chi connectivity index (χ3v) is 2.56. The zero-order chi connectivity index (χ0) is 12.6. The first-order chi connectivity index (χ1) is 7.46. The molecule has 1 N–H and O–H groups in total. The van der Waals surface area contributed by atoms with Crippen molar-refractivity contribution in [1.82, 2.24) is 0 Å². The largest absolute Gasteiger partial charge is 0.480 e. The van der Waals surface area contributed by atoms with E-state index in [2.05, 4.69) is 0 Å². The predicted molar refractivity (Wildman–Crippen MR) is 60.2 cm³/mol. The Morgan fingerprint density at radius 3 is 1.12 bits per heavy atom. The van der Waals surface area contributed by atoms with E-state index in [0.29, 0.717) is 0 Å². The SMILES string of the molecule is C1CCCCC1.CC(=O)C(C(C)=O)C(=O)O. The number of carbonyl (C=O) groups excluding carboxylic acids is 2. The van der Waals surface area contributed by atoms with Gasteiger partial charge < -0.3 is 5.11 Å². The van der Waals surface area contributed by atoms with Crippen molar-refractivity contribution in [3.8, 4) is 0 Å². The molecule has 1 saturated carbocycles. The highest BCUT2D eigenvalue weighted by Gasteiger charge is 2.26. The molecule has 92 valence electrons. The summed E-state index contributed by atoms with van der Waals surface area (Å²) in [6.45, 7) is 2.17. The maximum atomic E-state index is 10.4. The van der Waals surface area contributed by atoms with Crippen LogP contribution in [0.3, 0.4) is 0 Å². The summed E-state index contributed by atoms with van der Waals surface area (Å²) in [5, 5.41) is 8.27. The molecule has 0 radical (unpaired) electrons. The smallest absolute Gasteiger partial charge is 0.321 e. The number of carbonyl (C=O) groups is 3. The molecule has 0 spiro atoms. The van der Waals surface area contributed by atoms with Crippen molar-refractivity contribution in [1.29, 1.82) is 0 Å². The van der Waals surface area contributed by atoms with E-state index >= 15 is 0 Å². The molecular formula is C12H20O4. The fourth-order valence-corrected chi connectivity index (χ4v) is 1.69. The fourth-order valence-electron chi connectivity index (χ4n) is 1.69. The van der Waals surface area contributed by atoms with E-state index in [-0.39, 0.29) is 0 Å². The van der Waals surface area contributed by atoms with Crippen LogP contribution in [0.25, 0.3) is 0 Å². The minimum Gasteiger partial charge on any atom is -0.480 e. The second-order valence-corrected chi connectivity index (χ2v) is 4.11. The third kappa shape index (κ3) is 6.32. The lowest BCUT2D eigenvalue weighted by Gasteiger charge is -2.05. The van der Waals surface area contributed by atoms with Crippen LogP contribution in [0.1, 0.15) is 52.4 Å². The zero-order valence-electron chi connectivity index (χ0n) is 9.99. The summed E-state index contributed by atoms with van der Waals surface area (Å²) >= 11 is 0. The van der Waals surface area contributed by atoms with E-state index in [1.54, 1.807) is 0 Å². The lowest BCUT2D eigenvalue weighted by molar-refractivity contribution is -0.149. The highest BCUT2D eigenvalue weighted by Crippen LogP contribution is 2.15. The second kappa shape index (κ2) is 8.02. The summed E-state index contributed by atoms with van der Waals surface area (Å²) in [6.07, 6.45) is 9.00. The molecule has 0 aromatic rings. The van der Waals surface area contributed by atoms with Gasteiger partial charge in [-0.1, -0.05) is 38.5 Å². The van der Waals surface area contributed by atoms with Gasteiger partial charge in [0.2, 0.25) is 0 Å². The van der Waals surface area contributed by atoms with Crippen LogP contribution >= 0.6 is 0 Å². The van der Waals surface area contributed by atoms with E-state index in [1.165, 1.54) is 38.5 Å². The van der Waals surface area contributed by atoms with Gasteiger partial charge in [0, 0.05) is 0 Å². The molecule has 0 aromatic carbocycles. The molecule has 4 nitrogen and oxygen atoms in total. The predicted octanol–water partition coefficient (Wildman–Crippen LogP) is 2.21. The van der Waals surface area contributed by atoms with Crippen LogP contribution in [0.4, 0.5) is 0 Å². The van der Waals surface area contributed by atoms with Crippen LogP contribution < -0.4 is 0 Å². The van der Waals surface area contributed by atoms with Crippen molar-refractivity contribution < 1.29 is 19.5 Å². The molecule has 0 aromatic heterocycles. The average molecular weight is 228 g/mol. The van der Waals surface area contributed by atoms with E-state index < -0.39 is 23.5 Å². The van der Waals surface area contributed by atoms with Crippen molar-refractivity contribution in [3.63, 3.8) is 0 Å². The van der Waals surface area contributed by atoms with Crippen LogP contribution in [0.15, 0.2) is 0 Å². The van der Waals surface area contributed by atoms with Crippen LogP contribution in [0.2, 0.25) is 0 Å². The average Bonchev–Trinajstić information content (AvgIpc) is 2.19. The van der Waals surface area contributed by atoms with Crippen LogP contribution in [0.5, 0.6) is 0 Å². The molecule has 0 amide bonds. The minimum atomic E-state index is -1.47. The Labute approximate surface area is 96.0 Å². The number of carboxylic acid groups (broad SMARTS) is 1. The third-order valence-electron chi connectivity index (χ3n) is 2.56. The molecule has 1 aliphatic rings. The van der Waals surface area contributed by atoms with Crippen molar-refractivity contribution in [2.75, 3.05) is 0 Å². The molecule has 16 heavy (non-hydrogen) atoms. The summed E-state index contributed by atoms with van der Waals surface area (Å²) in [5.74, 6) is -4.10. The summed E-state index contributed by atoms with van der Waals surface area (Å²) in [6, 6.07) is 0. The molecule has 0 saturated heterocycles. The van der Waals surface area contributed by atoms with Gasteiger partial charge in [-0.3, -0.25) is 14.4 Å². The molecule has 1 aliphatic carbocycles. The lowest BCUT2D eigenvalue weighted by atomic mass is 10.0. The van der Waals surface area contributed by atoms with Gasteiger partial charge in [0.05, 0.1) is 0 Å². The standard InChI is InChI=1S/C6H8O4.C6H12/c1-3(7)5(4(2)8)6(9)10;1-2-4-6-5-3-1/h5H,1-2H3,(H,9,10);1-6H2. The monoisotopic (exact) mass is 228 g/mol. The molecule has 0 bridgehead atoms. The van der Waals surface area contributed by atoms with Gasteiger partial charge in [-0.2, -0.15) is 0 Å². The molecule has 0 aliphatic heterocycles. The number of ketones is 2. The van der Waals surface area contributed by atoms with Gasteiger partial charge in [-0.15, -0.1) is 0 Å². The Morgan fingerprint density at radius 2 is 1.06 bits per heavy atom. The normalized spacial score (nSPS) is 14.9. The number of rotatable bonds is 3. The Hall–Kier alpha value is -1.19. The topological polar surface area (TPSA) is 71.4 Å². The van der Waals surface area contributed by atoms with Gasteiger partial charge in [-0.05, 0) is 13.8 Å².